The predicted octanol–water partition coefficient (Wildman–Crippen LogP) is 3.07. The van der Waals surface area contributed by atoms with Gasteiger partial charge in [-0.1, -0.05) is 23.7 Å². The minimum absolute atomic E-state index is 0.0544. The molecule has 3 rings (SSSR count). The highest BCUT2D eigenvalue weighted by molar-refractivity contribution is 5.82. The molecule has 2 heterocycles. The molecule has 2 N–H and O–H groups in total. The van der Waals surface area contributed by atoms with Gasteiger partial charge in [0, 0.05) is 17.8 Å². The normalized spacial score (nSPS) is 12.9. The minimum Gasteiger partial charge on any atom is -0.451 e. The van der Waals surface area contributed by atoms with Crippen molar-refractivity contribution in [2.75, 3.05) is 0 Å². The van der Waals surface area contributed by atoms with E-state index in [1.165, 1.54) is 5.56 Å². The number of aryl methyl sites for hydroxylation is 1. The van der Waals surface area contributed by atoms with E-state index in [9.17, 15) is 0 Å². The lowest BCUT2D eigenvalue weighted by molar-refractivity contribution is 0.409. The molecule has 20 heavy (non-hydrogen) atoms. The maximum Gasteiger partial charge on any atom is 0.293 e. The number of benzene rings is 1. The van der Waals surface area contributed by atoms with Crippen LogP contribution in [0.1, 0.15) is 24.7 Å². The Labute approximate surface area is 116 Å². The molecule has 5 heteroatoms. The molecule has 1 unspecified atom stereocenters. The van der Waals surface area contributed by atoms with Crippen LogP contribution in [0.4, 0.5) is 0 Å². The Hall–Kier alpha value is -2.14. The van der Waals surface area contributed by atoms with E-state index in [1.54, 1.807) is 0 Å². The van der Waals surface area contributed by atoms with Crippen LogP contribution in [0.2, 0.25) is 0 Å². The van der Waals surface area contributed by atoms with E-state index in [0.717, 1.165) is 17.4 Å². The molecule has 0 aliphatic rings. The number of nitrogens with two attached hydrogens (primary N) is 1. The lowest BCUT2D eigenvalue weighted by Crippen LogP contribution is -2.21. The first kappa shape index (κ1) is 12.9. The fourth-order valence-electron chi connectivity index (χ4n) is 2.08. The standard InChI is InChI=1S/C15H17N3O2/c1-3-11(16)8-14-17-15(20-18-14)13-7-10-6-9(2)4-5-12(10)19-13/h4-7,11H,3,8,16H2,1-2H3. The molecule has 0 saturated heterocycles. The van der Waals surface area contributed by atoms with Gasteiger partial charge in [0.1, 0.15) is 5.58 Å². The number of furan rings is 1. The molecule has 0 amide bonds. The van der Waals surface area contributed by atoms with Gasteiger partial charge in [-0.15, -0.1) is 0 Å². The van der Waals surface area contributed by atoms with E-state index in [-0.39, 0.29) is 6.04 Å². The van der Waals surface area contributed by atoms with Crippen molar-refractivity contribution >= 4 is 11.0 Å². The number of aromatic nitrogens is 2. The first-order chi connectivity index (χ1) is 9.65. The second-order valence-electron chi connectivity index (χ2n) is 5.04. The van der Waals surface area contributed by atoms with E-state index in [2.05, 4.69) is 16.2 Å². The van der Waals surface area contributed by atoms with Crippen molar-refractivity contribution in [2.45, 2.75) is 32.7 Å². The second-order valence-corrected chi connectivity index (χ2v) is 5.04. The average molecular weight is 271 g/mol. The monoisotopic (exact) mass is 271 g/mol. The summed E-state index contributed by atoms with van der Waals surface area (Å²) >= 11 is 0. The molecule has 1 aromatic carbocycles. The molecule has 2 aromatic heterocycles. The molecule has 0 aliphatic heterocycles. The van der Waals surface area contributed by atoms with Crippen LogP contribution in [0.5, 0.6) is 0 Å². The third kappa shape index (κ3) is 2.44. The molecule has 0 bridgehead atoms. The fourth-order valence-corrected chi connectivity index (χ4v) is 2.08. The van der Waals surface area contributed by atoms with E-state index in [4.69, 9.17) is 14.7 Å². The summed E-state index contributed by atoms with van der Waals surface area (Å²) in [5, 5.41) is 4.97. The summed E-state index contributed by atoms with van der Waals surface area (Å²) in [6.07, 6.45) is 1.49. The van der Waals surface area contributed by atoms with Gasteiger partial charge in [0.2, 0.25) is 0 Å². The Morgan fingerprint density at radius 2 is 2.15 bits per heavy atom. The van der Waals surface area contributed by atoms with Gasteiger partial charge in [0.05, 0.1) is 0 Å². The summed E-state index contributed by atoms with van der Waals surface area (Å²) in [6.45, 7) is 4.08. The fraction of sp³-hybridized carbons (Fsp3) is 0.333. The van der Waals surface area contributed by atoms with Crippen molar-refractivity contribution in [3.8, 4) is 11.7 Å². The Kier molecular flexibility index (Phi) is 3.28. The van der Waals surface area contributed by atoms with Crippen LogP contribution in [0.3, 0.4) is 0 Å². The zero-order valence-electron chi connectivity index (χ0n) is 11.6. The zero-order valence-corrected chi connectivity index (χ0v) is 11.6. The van der Waals surface area contributed by atoms with E-state index in [1.807, 2.05) is 32.0 Å². The van der Waals surface area contributed by atoms with E-state index < -0.39 is 0 Å². The molecule has 5 nitrogen and oxygen atoms in total. The first-order valence-electron chi connectivity index (χ1n) is 6.74. The average Bonchev–Trinajstić information content (AvgIpc) is 3.04. The number of hydrogen-bond donors (Lipinski definition) is 1. The summed E-state index contributed by atoms with van der Waals surface area (Å²) in [6, 6.07) is 7.98. The van der Waals surface area contributed by atoms with Crippen LogP contribution in [0.25, 0.3) is 22.6 Å². The molecule has 0 spiro atoms. The summed E-state index contributed by atoms with van der Waals surface area (Å²) in [4.78, 5) is 4.33. The maximum atomic E-state index is 5.89. The molecule has 0 saturated carbocycles. The molecule has 104 valence electrons. The second kappa shape index (κ2) is 5.09. The topological polar surface area (TPSA) is 78.1 Å². The molecule has 0 radical (unpaired) electrons. The van der Waals surface area contributed by atoms with Crippen LogP contribution in [-0.2, 0) is 6.42 Å². The summed E-state index contributed by atoms with van der Waals surface area (Å²) in [7, 11) is 0. The largest absolute Gasteiger partial charge is 0.451 e. The van der Waals surface area contributed by atoms with Crippen molar-refractivity contribution in [3.63, 3.8) is 0 Å². The van der Waals surface area contributed by atoms with Crippen LogP contribution in [0, 0.1) is 6.92 Å². The van der Waals surface area contributed by atoms with Gasteiger partial charge in [0.25, 0.3) is 5.89 Å². The highest BCUT2D eigenvalue weighted by Gasteiger charge is 2.15. The Balaban J connectivity index is 1.91. The molecule has 0 fully saturated rings. The zero-order chi connectivity index (χ0) is 14.1. The Morgan fingerprint density at radius 1 is 1.30 bits per heavy atom. The summed E-state index contributed by atoms with van der Waals surface area (Å²) < 4.78 is 11.0. The van der Waals surface area contributed by atoms with Crippen molar-refractivity contribution < 1.29 is 8.94 Å². The first-order valence-corrected chi connectivity index (χ1v) is 6.74. The highest BCUT2D eigenvalue weighted by Crippen LogP contribution is 2.27. The summed E-state index contributed by atoms with van der Waals surface area (Å²) in [5.74, 6) is 1.61. The molecule has 1 atom stereocenters. The van der Waals surface area contributed by atoms with Gasteiger partial charge in [-0.2, -0.15) is 4.98 Å². The number of hydrogen-bond acceptors (Lipinski definition) is 5. The van der Waals surface area contributed by atoms with Crippen molar-refractivity contribution in [1.29, 1.82) is 0 Å². The maximum absolute atomic E-state index is 5.89. The number of rotatable bonds is 4. The van der Waals surface area contributed by atoms with Crippen molar-refractivity contribution in [2.24, 2.45) is 5.73 Å². The number of fused-ring (bicyclic) bond motifs is 1. The quantitative estimate of drug-likeness (QED) is 0.789. The van der Waals surface area contributed by atoms with Crippen LogP contribution < -0.4 is 5.73 Å². The van der Waals surface area contributed by atoms with Crippen LogP contribution in [-0.4, -0.2) is 16.2 Å². The van der Waals surface area contributed by atoms with Gasteiger partial charge >= 0.3 is 0 Å². The predicted molar refractivity (Wildman–Crippen MR) is 76.2 cm³/mol. The molecular weight excluding hydrogens is 254 g/mol. The van der Waals surface area contributed by atoms with Gasteiger partial charge in [-0.25, -0.2) is 0 Å². The molecule has 3 aromatic rings. The van der Waals surface area contributed by atoms with E-state index >= 15 is 0 Å². The third-order valence-electron chi connectivity index (χ3n) is 3.32. The SMILES string of the molecule is CCC(N)Cc1noc(-c2cc3cc(C)ccc3o2)n1. The van der Waals surface area contributed by atoms with E-state index in [0.29, 0.717) is 23.9 Å². The van der Waals surface area contributed by atoms with Gasteiger partial charge < -0.3 is 14.7 Å². The lowest BCUT2D eigenvalue weighted by Gasteiger charge is -2.02. The van der Waals surface area contributed by atoms with Gasteiger partial charge in [0.15, 0.2) is 11.6 Å². The lowest BCUT2D eigenvalue weighted by atomic mass is 10.2. The smallest absolute Gasteiger partial charge is 0.293 e. The van der Waals surface area contributed by atoms with Crippen LogP contribution >= 0.6 is 0 Å². The molecular formula is C15H17N3O2. The van der Waals surface area contributed by atoms with Crippen molar-refractivity contribution in [1.82, 2.24) is 10.1 Å². The Bertz CT molecular complexity index is 730. The van der Waals surface area contributed by atoms with Gasteiger partial charge in [-0.05, 0) is 31.5 Å². The Morgan fingerprint density at radius 3 is 2.95 bits per heavy atom. The summed E-state index contributed by atoms with van der Waals surface area (Å²) in [5.41, 5.74) is 7.89. The van der Waals surface area contributed by atoms with Crippen LogP contribution in [0.15, 0.2) is 33.2 Å². The van der Waals surface area contributed by atoms with Crippen molar-refractivity contribution in [3.05, 3.63) is 35.7 Å². The van der Waals surface area contributed by atoms with Gasteiger partial charge in [-0.3, -0.25) is 0 Å². The number of nitrogens with zero attached hydrogens (tertiary/aromatic N) is 2. The third-order valence-corrected chi connectivity index (χ3v) is 3.32. The highest BCUT2D eigenvalue weighted by atomic mass is 16.5. The molecule has 0 aliphatic carbocycles. The minimum atomic E-state index is 0.0544.